The van der Waals surface area contributed by atoms with Crippen molar-refractivity contribution in [3.05, 3.63) is 18.3 Å². The molecule has 1 aromatic heterocycles. The van der Waals surface area contributed by atoms with E-state index in [1.54, 1.807) is 6.20 Å². The van der Waals surface area contributed by atoms with E-state index in [9.17, 15) is 9.59 Å². The first-order valence-electron chi connectivity index (χ1n) is 10.1. The fourth-order valence-electron chi connectivity index (χ4n) is 4.04. The SMILES string of the molecule is CCCC1(C)C(=O)NCCN1CC(=O)Nc1ccc(N2CCCCC2)nc1. The Morgan fingerprint density at radius 1 is 1.26 bits per heavy atom. The van der Waals surface area contributed by atoms with Crippen LogP contribution in [-0.4, -0.2) is 60.0 Å². The standard InChI is InChI=1S/C20H31N5O2/c1-3-9-20(2)19(27)21-10-13-25(20)15-18(26)23-16-7-8-17(22-14-16)24-11-5-4-6-12-24/h7-8,14H,3-6,9-13,15H2,1-2H3,(H,21,27)(H,23,26). The van der Waals surface area contributed by atoms with Gasteiger partial charge in [0, 0.05) is 26.2 Å². The average Bonchev–Trinajstić information content (AvgIpc) is 2.67. The molecule has 2 saturated heterocycles. The largest absolute Gasteiger partial charge is 0.357 e. The molecule has 0 saturated carbocycles. The van der Waals surface area contributed by atoms with Crippen LogP contribution in [0.25, 0.3) is 0 Å². The van der Waals surface area contributed by atoms with Crippen molar-refractivity contribution in [2.45, 2.75) is 51.5 Å². The molecule has 0 bridgehead atoms. The number of hydrogen-bond acceptors (Lipinski definition) is 5. The van der Waals surface area contributed by atoms with Crippen LogP contribution in [0.3, 0.4) is 0 Å². The zero-order chi connectivity index (χ0) is 19.3. The minimum absolute atomic E-state index is 0.0101. The molecule has 0 spiro atoms. The van der Waals surface area contributed by atoms with Crippen LogP contribution in [0.1, 0.15) is 46.0 Å². The molecule has 2 amide bonds. The molecule has 3 heterocycles. The highest BCUT2D eigenvalue weighted by Crippen LogP contribution is 2.24. The molecule has 0 aromatic carbocycles. The van der Waals surface area contributed by atoms with Gasteiger partial charge in [-0.05, 0) is 44.7 Å². The number of hydrogen-bond donors (Lipinski definition) is 2. The number of pyridine rings is 1. The van der Waals surface area contributed by atoms with Gasteiger partial charge in [-0.15, -0.1) is 0 Å². The fraction of sp³-hybridized carbons (Fsp3) is 0.650. The summed E-state index contributed by atoms with van der Waals surface area (Å²) in [5.74, 6) is 0.867. The van der Waals surface area contributed by atoms with Gasteiger partial charge >= 0.3 is 0 Å². The van der Waals surface area contributed by atoms with Crippen LogP contribution in [0.5, 0.6) is 0 Å². The van der Waals surface area contributed by atoms with Crippen LogP contribution >= 0.6 is 0 Å². The molecule has 2 fully saturated rings. The number of carbonyl (C=O) groups excluding carboxylic acids is 2. The summed E-state index contributed by atoms with van der Waals surface area (Å²) in [7, 11) is 0. The predicted octanol–water partition coefficient (Wildman–Crippen LogP) is 2.00. The Hall–Kier alpha value is -2.15. The fourth-order valence-corrected chi connectivity index (χ4v) is 4.04. The minimum atomic E-state index is -0.624. The van der Waals surface area contributed by atoms with Gasteiger partial charge in [0.05, 0.1) is 24.0 Å². The minimum Gasteiger partial charge on any atom is -0.357 e. The molecule has 1 aromatic rings. The van der Waals surface area contributed by atoms with Gasteiger partial charge in [-0.25, -0.2) is 4.98 Å². The van der Waals surface area contributed by atoms with E-state index in [2.05, 4.69) is 27.4 Å². The molecule has 0 radical (unpaired) electrons. The molecule has 7 nitrogen and oxygen atoms in total. The molecule has 2 N–H and O–H groups in total. The van der Waals surface area contributed by atoms with Crippen molar-refractivity contribution < 1.29 is 9.59 Å². The highest BCUT2D eigenvalue weighted by Gasteiger charge is 2.41. The Balaban J connectivity index is 1.59. The quantitative estimate of drug-likeness (QED) is 0.798. The molecule has 7 heteroatoms. The maximum atomic E-state index is 12.5. The van der Waals surface area contributed by atoms with E-state index >= 15 is 0 Å². The summed E-state index contributed by atoms with van der Waals surface area (Å²) in [6, 6.07) is 3.87. The maximum Gasteiger partial charge on any atom is 0.240 e. The second-order valence-electron chi connectivity index (χ2n) is 7.70. The van der Waals surface area contributed by atoms with Crippen molar-refractivity contribution >= 4 is 23.3 Å². The van der Waals surface area contributed by atoms with Gasteiger partial charge in [-0.2, -0.15) is 0 Å². The topological polar surface area (TPSA) is 77.6 Å². The Morgan fingerprint density at radius 3 is 2.70 bits per heavy atom. The first kappa shape index (κ1) is 19.6. The van der Waals surface area contributed by atoms with E-state index in [4.69, 9.17) is 0 Å². The number of nitrogens with zero attached hydrogens (tertiary/aromatic N) is 3. The second-order valence-corrected chi connectivity index (χ2v) is 7.70. The lowest BCUT2D eigenvalue weighted by atomic mass is 9.90. The summed E-state index contributed by atoms with van der Waals surface area (Å²) in [5, 5.41) is 5.84. The average molecular weight is 374 g/mol. The summed E-state index contributed by atoms with van der Waals surface area (Å²) in [6.45, 7) is 7.54. The number of piperazine rings is 1. The van der Waals surface area contributed by atoms with Gasteiger partial charge in [0.1, 0.15) is 5.82 Å². The molecule has 148 valence electrons. The molecule has 1 unspecified atom stereocenters. The van der Waals surface area contributed by atoms with Crippen molar-refractivity contribution in [2.75, 3.05) is 42.9 Å². The molecule has 27 heavy (non-hydrogen) atoms. The van der Waals surface area contributed by atoms with Crippen LogP contribution in [0, 0.1) is 0 Å². The van der Waals surface area contributed by atoms with E-state index in [0.717, 1.165) is 31.7 Å². The van der Waals surface area contributed by atoms with Gasteiger partial charge in [0.2, 0.25) is 11.8 Å². The maximum absolute atomic E-state index is 12.5. The van der Waals surface area contributed by atoms with E-state index in [0.29, 0.717) is 18.8 Å². The van der Waals surface area contributed by atoms with Crippen molar-refractivity contribution in [2.24, 2.45) is 0 Å². The van der Waals surface area contributed by atoms with Gasteiger partial charge in [0.15, 0.2) is 0 Å². The highest BCUT2D eigenvalue weighted by atomic mass is 16.2. The Labute approximate surface area is 161 Å². The predicted molar refractivity (Wildman–Crippen MR) is 107 cm³/mol. The van der Waals surface area contributed by atoms with Gasteiger partial charge < -0.3 is 15.5 Å². The number of aromatic nitrogens is 1. The Kier molecular flexibility index (Phi) is 6.31. The number of rotatable bonds is 6. The summed E-state index contributed by atoms with van der Waals surface area (Å²) in [6.07, 6.45) is 7.05. The van der Waals surface area contributed by atoms with Gasteiger partial charge in [0.25, 0.3) is 0 Å². The van der Waals surface area contributed by atoms with E-state index in [1.165, 1.54) is 19.3 Å². The number of carbonyl (C=O) groups is 2. The lowest BCUT2D eigenvalue weighted by Gasteiger charge is -2.43. The first-order chi connectivity index (χ1) is 13.0. The van der Waals surface area contributed by atoms with Crippen molar-refractivity contribution in [3.63, 3.8) is 0 Å². The van der Waals surface area contributed by atoms with E-state index in [1.807, 2.05) is 24.0 Å². The van der Waals surface area contributed by atoms with Crippen LogP contribution < -0.4 is 15.5 Å². The third-order valence-electron chi connectivity index (χ3n) is 5.64. The van der Waals surface area contributed by atoms with Gasteiger partial charge in [-0.3, -0.25) is 14.5 Å². The number of nitrogens with one attached hydrogen (secondary N) is 2. The molecule has 1 atom stereocenters. The van der Waals surface area contributed by atoms with E-state index < -0.39 is 5.54 Å². The monoisotopic (exact) mass is 373 g/mol. The van der Waals surface area contributed by atoms with Crippen LogP contribution in [0.2, 0.25) is 0 Å². The second kappa shape index (κ2) is 8.69. The third-order valence-corrected chi connectivity index (χ3v) is 5.64. The first-order valence-corrected chi connectivity index (χ1v) is 10.1. The lowest BCUT2D eigenvalue weighted by Crippen LogP contribution is -2.64. The summed E-state index contributed by atoms with van der Waals surface area (Å²) < 4.78 is 0. The highest BCUT2D eigenvalue weighted by molar-refractivity contribution is 5.93. The number of piperidine rings is 1. The zero-order valence-corrected chi connectivity index (χ0v) is 16.5. The van der Waals surface area contributed by atoms with Crippen LogP contribution in [0.15, 0.2) is 18.3 Å². The summed E-state index contributed by atoms with van der Waals surface area (Å²) in [5.41, 5.74) is 0.0696. The molecule has 3 rings (SSSR count). The normalized spacial score (nSPS) is 23.8. The van der Waals surface area contributed by atoms with Crippen molar-refractivity contribution in [1.82, 2.24) is 15.2 Å². The summed E-state index contributed by atoms with van der Waals surface area (Å²) in [4.78, 5) is 33.7. The zero-order valence-electron chi connectivity index (χ0n) is 16.5. The van der Waals surface area contributed by atoms with E-state index in [-0.39, 0.29) is 18.4 Å². The summed E-state index contributed by atoms with van der Waals surface area (Å²) >= 11 is 0. The van der Waals surface area contributed by atoms with Gasteiger partial charge in [-0.1, -0.05) is 13.3 Å². The van der Waals surface area contributed by atoms with Crippen LogP contribution in [-0.2, 0) is 9.59 Å². The number of amides is 2. The smallest absolute Gasteiger partial charge is 0.240 e. The molecule has 2 aliphatic heterocycles. The Bertz CT molecular complexity index is 657. The van der Waals surface area contributed by atoms with Crippen LogP contribution in [0.4, 0.5) is 11.5 Å². The lowest BCUT2D eigenvalue weighted by molar-refractivity contribution is -0.138. The van der Waals surface area contributed by atoms with Crippen molar-refractivity contribution in [1.29, 1.82) is 0 Å². The van der Waals surface area contributed by atoms with Crippen molar-refractivity contribution in [3.8, 4) is 0 Å². The molecule has 0 aliphatic carbocycles. The molecular weight excluding hydrogens is 342 g/mol. The molecule has 2 aliphatic rings. The number of anilines is 2. The third kappa shape index (κ3) is 4.58. The Morgan fingerprint density at radius 2 is 2.04 bits per heavy atom. The molecular formula is C20H31N5O2.